The Morgan fingerprint density at radius 2 is 1.68 bits per heavy atom. The highest BCUT2D eigenvalue weighted by atomic mass is 19.4. The van der Waals surface area contributed by atoms with Gasteiger partial charge in [-0.2, -0.15) is 13.2 Å². The molecule has 1 heterocycles. The number of unbranched alkanes of at least 4 members (excludes halogenated alkanes) is 3. The molecule has 1 N–H and O–H groups in total. The molecule has 0 saturated heterocycles. The first kappa shape index (κ1) is 19.4. The first-order valence-corrected chi connectivity index (χ1v) is 8.66. The molecule has 2 rings (SSSR count). The molecule has 1 atom stereocenters. The summed E-state index contributed by atoms with van der Waals surface area (Å²) < 4.78 is 40.3. The topological polar surface area (TPSA) is 33.1 Å². The molecule has 0 radical (unpaired) electrons. The number of aromatic nitrogens is 1. The molecule has 136 valence electrons. The largest absolute Gasteiger partial charge is 0.433 e. The van der Waals surface area contributed by atoms with E-state index in [4.69, 9.17) is 0 Å². The number of pyridine rings is 1. The van der Waals surface area contributed by atoms with Crippen LogP contribution in [0.1, 0.15) is 62.0 Å². The van der Waals surface area contributed by atoms with Crippen LogP contribution in [-0.2, 0) is 6.18 Å². The number of hydrogen-bond donors (Lipinski definition) is 1. The highest BCUT2D eigenvalue weighted by Crippen LogP contribution is 2.36. The fraction of sp³-hybridized carbons (Fsp3) is 0.450. The monoisotopic (exact) mass is 351 g/mol. The van der Waals surface area contributed by atoms with Crippen molar-refractivity contribution in [1.29, 1.82) is 0 Å². The molecule has 0 aliphatic heterocycles. The Hall–Kier alpha value is -1.88. The number of aryl methyl sites for hydroxylation is 1. The molecule has 0 spiro atoms. The van der Waals surface area contributed by atoms with Gasteiger partial charge >= 0.3 is 6.18 Å². The van der Waals surface area contributed by atoms with Crippen LogP contribution in [-0.4, -0.2) is 10.1 Å². The van der Waals surface area contributed by atoms with E-state index in [2.05, 4.69) is 11.9 Å². The van der Waals surface area contributed by atoms with E-state index < -0.39 is 18.0 Å². The van der Waals surface area contributed by atoms with Crippen LogP contribution in [0.3, 0.4) is 0 Å². The van der Waals surface area contributed by atoms with E-state index in [1.807, 2.05) is 19.1 Å². The molecule has 0 aliphatic rings. The van der Waals surface area contributed by atoms with Crippen LogP contribution in [0.5, 0.6) is 0 Å². The molecule has 2 aromatic rings. The predicted octanol–water partition coefficient (Wildman–Crippen LogP) is 6.08. The number of nitrogens with zero attached hydrogens (tertiary/aromatic N) is 1. The summed E-state index contributed by atoms with van der Waals surface area (Å²) in [6.07, 6.45) is -1.77. The molecule has 0 fully saturated rings. The molecule has 25 heavy (non-hydrogen) atoms. The van der Waals surface area contributed by atoms with Gasteiger partial charge in [0.05, 0.1) is 11.8 Å². The standard InChI is InChI=1S/C20H24F3NO/c1-3-4-5-6-7-18(25)16-12-13-17(24-19(16)20(21,22)23)15-10-8-14(2)9-11-15/h8-13,18,25H,3-7H2,1-2H3. The summed E-state index contributed by atoms with van der Waals surface area (Å²) in [7, 11) is 0. The minimum Gasteiger partial charge on any atom is -0.388 e. The number of hydrogen-bond acceptors (Lipinski definition) is 2. The van der Waals surface area contributed by atoms with Gasteiger partial charge in [0.2, 0.25) is 0 Å². The maximum Gasteiger partial charge on any atom is 0.433 e. The average Bonchev–Trinajstić information content (AvgIpc) is 2.58. The molecule has 0 saturated carbocycles. The van der Waals surface area contributed by atoms with Gasteiger partial charge in [0.15, 0.2) is 5.69 Å². The van der Waals surface area contributed by atoms with Crippen LogP contribution < -0.4 is 0 Å². The summed E-state index contributed by atoms with van der Waals surface area (Å²) in [5.74, 6) is 0. The summed E-state index contributed by atoms with van der Waals surface area (Å²) in [6.45, 7) is 3.97. The Kier molecular flexibility index (Phi) is 6.59. The lowest BCUT2D eigenvalue weighted by Gasteiger charge is -2.18. The summed E-state index contributed by atoms with van der Waals surface area (Å²) in [6, 6.07) is 10.1. The lowest BCUT2D eigenvalue weighted by molar-refractivity contribution is -0.142. The number of aliphatic hydroxyl groups excluding tert-OH is 1. The third-order valence-corrected chi connectivity index (χ3v) is 4.23. The Morgan fingerprint density at radius 1 is 1.00 bits per heavy atom. The lowest BCUT2D eigenvalue weighted by atomic mass is 9.99. The van der Waals surface area contributed by atoms with Crippen molar-refractivity contribution in [2.24, 2.45) is 0 Å². The number of aliphatic hydroxyl groups is 1. The first-order valence-electron chi connectivity index (χ1n) is 8.66. The smallest absolute Gasteiger partial charge is 0.388 e. The Balaban J connectivity index is 2.29. The van der Waals surface area contributed by atoms with E-state index in [9.17, 15) is 18.3 Å². The normalized spacial score (nSPS) is 13.0. The van der Waals surface area contributed by atoms with E-state index in [1.165, 1.54) is 6.07 Å². The molecule has 1 aromatic carbocycles. The maximum absolute atomic E-state index is 13.4. The molecule has 1 unspecified atom stereocenters. The quantitative estimate of drug-likeness (QED) is 0.613. The van der Waals surface area contributed by atoms with Crippen LogP contribution in [0, 0.1) is 6.92 Å². The van der Waals surface area contributed by atoms with Gasteiger partial charge in [0, 0.05) is 11.1 Å². The molecular weight excluding hydrogens is 327 g/mol. The van der Waals surface area contributed by atoms with Gasteiger partial charge in [-0.1, -0.05) is 68.5 Å². The second-order valence-corrected chi connectivity index (χ2v) is 6.36. The third kappa shape index (κ3) is 5.30. The Morgan fingerprint density at radius 3 is 2.28 bits per heavy atom. The van der Waals surface area contributed by atoms with Crippen LogP contribution in [0.25, 0.3) is 11.3 Å². The van der Waals surface area contributed by atoms with E-state index >= 15 is 0 Å². The molecular formula is C20H24F3NO. The summed E-state index contributed by atoms with van der Waals surface area (Å²) in [5.41, 5.74) is 0.779. The molecule has 0 aliphatic carbocycles. The first-order chi connectivity index (χ1) is 11.8. The molecule has 2 nitrogen and oxygen atoms in total. The molecule has 0 bridgehead atoms. The summed E-state index contributed by atoms with van der Waals surface area (Å²) in [5, 5.41) is 10.2. The number of benzene rings is 1. The van der Waals surface area contributed by atoms with Gasteiger partial charge in [-0.05, 0) is 19.4 Å². The van der Waals surface area contributed by atoms with Crippen molar-refractivity contribution in [2.45, 2.75) is 58.2 Å². The zero-order valence-corrected chi connectivity index (χ0v) is 14.6. The van der Waals surface area contributed by atoms with Gasteiger partial charge in [-0.3, -0.25) is 0 Å². The van der Waals surface area contributed by atoms with Crippen molar-refractivity contribution in [3.05, 3.63) is 53.2 Å². The van der Waals surface area contributed by atoms with Gasteiger partial charge < -0.3 is 5.11 Å². The van der Waals surface area contributed by atoms with Crippen LogP contribution >= 0.6 is 0 Å². The second kappa shape index (κ2) is 8.48. The second-order valence-electron chi connectivity index (χ2n) is 6.36. The zero-order valence-electron chi connectivity index (χ0n) is 14.6. The Bertz CT molecular complexity index is 680. The third-order valence-electron chi connectivity index (χ3n) is 4.23. The van der Waals surface area contributed by atoms with Crippen molar-refractivity contribution < 1.29 is 18.3 Å². The van der Waals surface area contributed by atoms with Gasteiger partial charge in [-0.25, -0.2) is 4.98 Å². The number of halogens is 3. The minimum absolute atomic E-state index is 0.139. The van der Waals surface area contributed by atoms with E-state index in [-0.39, 0.29) is 11.3 Å². The van der Waals surface area contributed by atoms with Gasteiger partial charge in [0.1, 0.15) is 0 Å². The predicted molar refractivity (Wildman–Crippen MR) is 93.1 cm³/mol. The van der Waals surface area contributed by atoms with Gasteiger partial charge in [-0.15, -0.1) is 0 Å². The minimum atomic E-state index is -4.60. The molecule has 5 heteroatoms. The van der Waals surface area contributed by atoms with Crippen molar-refractivity contribution in [1.82, 2.24) is 4.98 Å². The fourth-order valence-electron chi connectivity index (χ4n) is 2.77. The van der Waals surface area contributed by atoms with Crippen molar-refractivity contribution in [3.63, 3.8) is 0 Å². The highest BCUT2D eigenvalue weighted by molar-refractivity contribution is 5.60. The highest BCUT2D eigenvalue weighted by Gasteiger charge is 2.37. The number of alkyl halides is 3. The number of rotatable bonds is 7. The summed E-state index contributed by atoms with van der Waals surface area (Å²) >= 11 is 0. The maximum atomic E-state index is 13.4. The van der Waals surface area contributed by atoms with Crippen LogP contribution in [0.2, 0.25) is 0 Å². The van der Waals surface area contributed by atoms with Crippen molar-refractivity contribution in [2.75, 3.05) is 0 Å². The van der Waals surface area contributed by atoms with E-state index in [0.717, 1.165) is 24.8 Å². The van der Waals surface area contributed by atoms with Crippen LogP contribution in [0.15, 0.2) is 36.4 Å². The van der Waals surface area contributed by atoms with Crippen LogP contribution in [0.4, 0.5) is 13.2 Å². The average molecular weight is 351 g/mol. The van der Waals surface area contributed by atoms with Crippen molar-refractivity contribution >= 4 is 0 Å². The van der Waals surface area contributed by atoms with E-state index in [1.54, 1.807) is 18.2 Å². The SMILES string of the molecule is CCCCCCC(O)c1ccc(-c2ccc(C)cc2)nc1C(F)(F)F. The molecule has 0 amide bonds. The Labute approximate surface area is 146 Å². The van der Waals surface area contributed by atoms with E-state index in [0.29, 0.717) is 18.4 Å². The van der Waals surface area contributed by atoms with Gasteiger partial charge in [0.25, 0.3) is 0 Å². The summed E-state index contributed by atoms with van der Waals surface area (Å²) in [4.78, 5) is 3.82. The zero-order chi connectivity index (χ0) is 18.4. The molecule has 1 aromatic heterocycles. The lowest BCUT2D eigenvalue weighted by Crippen LogP contribution is -2.15. The fourth-order valence-corrected chi connectivity index (χ4v) is 2.77. The van der Waals surface area contributed by atoms with Crippen molar-refractivity contribution in [3.8, 4) is 11.3 Å².